The lowest BCUT2D eigenvalue weighted by Crippen LogP contribution is -2.27. The van der Waals surface area contributed by atoms with Crippen molar-refractivity contribution in [2.24, 2.45) is 0 Å². The molecule has 0 atom stereocenters. The fourth-order valence-corrected chi connectivity index (χ4v) is 12.6. The van der Waals surface area contributed by atoms with Crippen LogP contribution in [-0.2, 0) is 40.8 Å². The van der Waals surface area contributed by atoms with E-state index in [0.717, 1.165) is 0 Å². The zero-order chi connectivity index (χ0) is 25.5. The first-order chi connectivity index (χ1) is 14.3. The van der Waals surface area contributed by atoms with Crippen molar-refractivity contribution in [2.75, 3.05) is 6.16 Å². The van der Waals surface area contributed by atoms with Gasteiger partial charge in [-0.15, -0.1) is 0 Å². The van der Waals surface area contributed by atoms with Gasteiger partial charge in [0, 0.05) is 0 Å². The molecule has 0 fully saturated rings. The quantitative estimate of drug-likeness (QED) is 0.191. The van der Waals surface area contributed by atoms with E-state index in [1.54, 1.807) is 83.1 Å². The van der Waals surface area contributed by atoms with Gasteiger partial charge in [0.1, 0.15) is 0 Å². The molecular formula is C20H45O9P3. The van der Waals surface area contributed by atoms with Crippen molar-refractivity contribution < 1.29 is 40.8 Å². The number of hydrogen-bond acceptors (Lipinski definition) is 9. The van der Waals surface area contributed by atoms with Crippen LogP contribution in [0.15, 0.2) is 0 Å². The SMILES string of the molecule is CC(C)OP(=O)(CC(P(=O)(OC(C)C)OC(C)C)P(=O)(OC(C)C)OC(C)C)OC(C)C. The summed E-state index contributed by atoms with van der Waals surface area (Å²) >= 11 is 0. The molecule has 0 bridgehead atoms. The van der Waals surface area contributed by atoms with E-state index in [4.69, 9.17) is 27.1 Å². The minimum absolute atomic E-state index is 0.465. The normalized spacial score (nSPS) is 14.3. The van der Waals surface area contributed by atoms with Crippen LogP contribution in [-0.4, -0.2) is 48.2 Å². The minimum Gasteiger partial charge on any atom is -0.306 e. The third kappa shape index (κ3) is 11.7. The van der Waals surface area contributed by atoms with Gasteiger partial charge in [0.15, 0.2) is 5.40 Å². The molecule has 0 aliphatic heterocycles. The molecule has 12 heteroatoms. The van der Waals surface area contributed by atoms with Gasteiger partial charge in [-0.25, -0.2) is 0 Å². The van der Waals surface area contributed by atoms with Crippen LogP contribution in [0.1, 0.15) is 83.1 Å². The first-order valence-electron chi connectivity index (χ1n) is 11.2. The lowest BCUT2D eigenvalue weighted by atomic mass is 10.5. The second-order valence-corrected chi connectivity index (χ2v) is 15.9. The molecule has 0 radical (unpaired) electrons. The van der Waals surface area contributed by atoms with Crippen molar-refractivity contribution in [3.05, 3.63) is 0 Å². The van der Waals surface area contributed by atoms with Gasteiger partial charge in [-0.2, -0.15) is 0 Å². The smallest absolute Gasteiger partial charge is 0.306 e. The highest BCUT2D eigenvalue weighted by Gasteiger charge is 2.56. The van der Waals surface area contributed by atoms with Gasteiger partial charge in [-0.1, -0.05) is 0 Å². The van der Waals surface area contributed by atoms with E-state index in [2.05, 4.69) is 0 Å². The summed E-state index contributed by atoms with van der Waals surface area (Å²) < 4.78 is 76.4. The average molecular weight is 522 g/mol. The van der Waals surface area contributed by atoms with Crippen LogP contribution >= 0.6 is 22.8 Å². The van der Waals surface area contributed by atoms with Crippen LogP contribution in [0.2, 0.25) is 0 Å². The predicted octanol–water partition coefficient (Wildman–Crippen LogP) is 7.44. The second-order valence-electron chi connectivity index (χ2n) is 9.28. The molecule has 0 aliphatic rings. The molecular weight excluding hydrogens is 477 g/mol. The Hall–Kier alpha value is 0.450. The van der Waals surface area contributed by atoms with Gasteiger partial charge in [0.05, 0.1) is 42.8 Å². The Kier molecular flexibility index (Phi) is 13.7. The molecule has 0 unspecified atom stereocenters. The monoisotopic (exact) mass is 522 g/mol. The van der Waals surface area contributed by atoms with Crippen LogP contribution in [0.5, 0.6) is 0 Å². The van der Waals surface area contributed by atoms with E-state index in [9.17, 15) is 13.7 Å². The van der Waals surface area contributed by atoms with Gasteiger partial charge in [0.2, 0.25) is 0 Å². The van der Waals surface area contributed by atoms with Gasteiger partial charge >= 0.3 is 22.8 Å². The van der Waals surface area contributed by atoms with Crippen molar-refractivity contribution in [2.45, 2.75) is 125 Å². The molecule has 0 spiro atoms. The van der Waals surface area contributed by atoms with Gasteiger partial charge in [-0.3, -0.25) is 13.7 Å². The van der Waals surface area contributed by atoms with E-state index in [0.29, 0.717) is 0 Å². The number of rotatable bonds is 16. The van der Waals surface area contributed by atoms with Crippen LogP contribution < -0.4 is 0 Å². The molecule has 194 valence electrons. The van der Waals surface area contributed by atoms with Crippen LogP contribution in [0.4, 0.5) is 0 Å². The maximum atomic E-state index is 14.2. The molecule has 32 heavy (non-hydrogen) atoms. The fraction of sp³-hybridized carbons (Fsp3) is 1.00. The lowest BCUT2D eigenvalue weighted by molar-refractivity contribution is 0.118. The Balaban J connectivity index is 6.85. The summed E-state index contributed by atoms with van der Waals surface area (Å²) in [6.45, 7) is 20.3. The van der Waals surface area contributed by atoms with Crippen molar-refractivity contribution in [3.63, 3.8) is 0 Å². The highest BCUT2D eigenvalue weighted by Crippen LogP contribution is 2.75. The van der Waals surface area contributed by atoms with Crippen molar-refractivity contribution in [1.82, 2.24) is 0 Å². The zero-order valence-corrected chi connectivity index (χ0v) is 24.4. The highest BCUT2D eigenvalue weighted by atomic mass is 31.2. The Labute approximate surface area is 195 Å². The topological polar surface area (TPSA) is 107 Å². The summed E-state index contributed by atoms with van der Waals surface area (Å²) in [5, 5.41) is -1.52. The third-order valence-corrected chi connectivity index (χ3v) is 12.5. The second kappa shape index (κ2) is 13.5. The van der Waals surface area contributed by atoms with Crippen molar-refractivity contribution >= 4 is 22.8 Å². The van der Waals surface area contributed by atoms with E-state index in [-0.39, 0.29) is 0 Å². The fourth-order valence-electron chi connectivity index (χ4n) is 2.83. The molecule has 9 nitrogen and oxygen atoms in total. The molecule has 0 saturated carbocycles. The third-order valence-electron chi connectivity index (χ3n) is 3.29. The van der Waals surface area contributed by atoms with E-state index >= 15 is 0 Å². The first-order valence-corrected chi connectivity index (χ1v) is 16.2. The molecule has 0 aliphatic carbocycles. The van der Waals surface area contributed by atoms with Crippen LogP contribution in [0, 0.1) is 0 Å². The standard InChI is InChI=1S/C20H45O9P3/c1-14(2)24-30(21,25-15(3)4)13-20(31(22,26-16(5)6)27-17(7)8)32(23,28-18(9)10)29-19(11)12/h14-20H,13H2,1-12H3. The van der Waals surface area contributed by atoms with Crippen LogP contribution in [0.25, 0.3) is 0 Å². The maximum Gasteiger partial charge on any atom is 0.346 e. The molecule has 0 N–H and O–H groups in total. The van der Waals surface area contributed by atoms with E-state index in [1.807, 2.05) is 0 Å². The van der Waals surface area contributed by atoms with Crippen molar-refractivity contribution in [3.8, 4) is 0 Å². The molecule has 0 aromatic heterocycles. The molecule has 0 amide bonds. The van der Waals surface area contributed by atoms with E-state index in [1.165, 1.54) is 0 Å². The van der Waals surface area contributed by atoms with E-state index < -0.39 is 71.0 Å². The summed E-state index contributed by atoms with van der Waals surface area (Å²) in [6.07, 6.45) is -3.59. The molecule has 0 saturated heterocycles. The summed E-state index contributed by atoms with van der Waals surface area (Å²) in [6, 6.07) is 0. The number of hydrogen-bond donors (Lipinski definition) is 0. The summed E-state index contributed by atoms with van der Waals surface area (Å²) in [5.74, 6) is 0. The van der Waals surface area contributed by atoms with Gasteiger partial charge in [-0.05, 0) is 83.1 Å². The summed E-state index contributed by atoms with van der Waals surface area (Å²) in [5.41, 5.74) is 0. The molecule has 0 aromatic carbocycles. The molecule has 0 aromatic rings. The average Bonchev–Trinajstić information content (AvgIpc) is 2.47. The molecule has 0 rings (SSSR count). The lowest BCUT2D eigenvalue weighted by Gasteiger charge is -2.36. The highest BCUT2D eigenvalue weighted by molar-refractivity contribution is 7.74. The van der Waals surface area contributed by atoms with Crippen molar-refractivity contribution in [1.29, 1.82) is 0 Å². The minimum atomic E-state index is -4.20. The first kappa shape index (κ1) is 32.5. The zero-order valence-electron chi connectivity index (χ0n) is 21.8. The Morgan fingerprint density at radius 2 is 0.656 bits per heavy atom. The Bertz CT molecular complexity index is 610. The summed E-state index contributed by atoms with van der Waals surface area (Å²) in [4.78, 5) is 0. The Morgan fingerprint density at radius 3 is 0.844 bits per heavy atom. The predicted molar refractivity (Wildman–Crippen MR) is 129 cm³/mol. The Morgan fingerprint density at radius 1 is 0.438 bits per heavy atom. The maximum absolute atomic E-state index is 14.2. The summed E-state index contributed by atoms with van der Waals surface area (Å²) in [7, 11) is -12.3. The van der Waals surface area contributed by atoms with Crippen LogP contribution in [0.3, 0.4) is 0 Å². The van der Waals surface area contributed by atoms with Gasteiger partial charge in [0.25, 0.3) is 0 Å². The van der Waals surface area contributed by atoms with Gasteiger partial charge < -0.3 is 27.1 Å². The largest absolute Gasteiger partial charge is 0.346 e. The molecule has 0 heterocycles.